The molecule has 2 rings (SSSR count). The summed E-state index contributed by atoms with van der Waals surface area (Å²) in [6, 6.07) is 7.90. The zero-order valence-electron chi connectivity index (χ0n) is 13.9. The molecule has 0 atom stereocenters. The number of benzene rings is 1. The number of aliphatic imine (C=N–C) groups is 1. The van der Waals surface area contributed by atoms with Crippen LogP contribution in [0, 0.1) is 5.92 Å². The van der Waals surface area contributed by atoms with E-state index in [2.05, 4.69) is 20.9 Å². The average Bonchev–Trinajstić information content (AvgIpc) is 3.33. The lowest BCUT2D eigenvalue weighted by Crippen LogP contribution is -2.37. The molecule has 0 aromatic heterocycles. The van der Waals surface area contributed by atoms with Crippen LogP contribution in [-0.4, -0.2) is 25.5 Å². The van der Waals surface area contributed by atoms with Gasteiger partial charge in [-0.15, -0.1) is 24.0 Å². The Morgan fingerprint density at radius 2 is 1.91 bits per heavy atom. The van der Waals surface area contributed by atoms with Gasteiger partial charge < -0.3 is 16.0 Å². The van der Waals surface area contributed by atoms with Crippen molar-refractivity contribution in [1.29, 1.82) is 0 Å². The number of anilines is 1. The minimum atomic E-state index is 0. The van der Waals surface area contributed by atoms with Gasteiger partial charge in [-0.3, -0.25) is 9.79 Å². The molecule has 23 heavy (non-hydrogen) atoms. The van der Waals surface area contributed by atoms with Crippen molar-refractivity contribution in [2.45, 2.75) is 39.2 Å². The maximum Gasteiger partial charge on any atom is 0.224 e. The molecular formula is C17H27IN4O. The number of carbonyl (C=O) groups excluding carboxylic acids is 1. The van der Waals surface area contributed by atoms with Crippen LogP contribution in [0.5, 0.6) is 0 Å². The van der Waals surface area contributed by atoms with Gasteiger partial charge in [0.2, 0.25) is 5.91 Å². The van der Waals surface area contributed by atoms with Crippen molar-refractivity contribution in [3.8, 4) is 0 Å². The number of hydrogen-bond acceptors (Lipinski definition) is 2. The quantitative estimate of drug-likeness (QED) is 0.354. The van der Waals surface area contributed by atoms with Gasteiger partial charge in [0.05, 0.1) is 0 Å². The van der Waals surface area contributed by atoms with Crippen LogP contribution in [0.1, 0.15) is 38.2 Å². The van der Waals surface area contributed by atoms with Crippen molar-refractivity contribution in [3.05, 3.63) is 29.8 Å². The highest BCUT2D eigenvalue weighted by atomic mass is 127. The van der Waals surface area contributed by atoms with Crippen LogP contribution in [0.25, 0.3) is 0 Å². The van der Waals surface area contributed by atoms with Crippen molar-refractivity contribution in [2.75, 3.05) is 18.9 Å². The van der Waals surface area contributed by atoms with Crippen LogP contribution < -0.4 is 16.0 Å². The molecule has 6 heteroatoms. The molecular weight excluding hydrogens is 403 g/mol. The Balaban J connectivity index is 0.00000264. The van der Waals surface area contributed by atoms with Gasteiger partial charge in [0, 0.05) is 32.2 Å². The lowest BCUT2D eigenvalue weighted by atomic mass is 10.2. The number of rotatable bonds is 7. The van der Waals surface area contributed by atoms with Crippen LogP contribution in [0.3, 0.4) is 0 Å². The van der Waals surface area contributed by atoms with E-state index >= 15 is 0 Å². The number of hydrogen-bond donors (Lipinski definition) is 3. The molecule has 0 bridgehead atoms. The Hall–Kier alpha value is -1.31. The lowest BCUT2D eigenvalue weighted by molar-refractivity contribution is -0.116. The molecule has 1 aliphatic rings. The van der Waals surface area contributed by atoms with E-state index in [0.717, 1.165) is 36.1 Å². The molecule has 1 fully saturated rings. The molecule has 5 nitrogen and oxygen atoms in total. The standard InChI is InChI=1S/C17H26N4O.HI/c1-3-4-16(22)21-15-9-7-14(8-10-15)12-20-17(18-2)19-11-13-5-6-13;/h7-10,13H,3-6,11-12H2,1-2H3,(H,21,22)(H2,18,19,20);1H. The van der Waals surface area contributed by atoms with Crippen LogP contribution in [-0.2, 0) is 11.3 Å². The van der Waals surface area contributed by atoms with E-state index in [1.54, 1.807) is 7.05 Å². The Kier molecular flexibility index (Phi) is 8.98. The second kappa shape index (κ2) is 10.5. The van der Waals surface area contributed by atoms with Crippen molar-refractivity contribution in [2.24, 2.45) is 10.9 Å². The largest absolute Gasteiger partial charge is 0.356 e. The zero-order chi connectivity index (χ0) is 15.8. The van der Waals surface area contributed by atoms with Crippen LogP contribution >= 0.6 is 24.0 Å². The van der Waals surface area contributed by atoms with Gasteiger partial charge in [0.1, 0.15) is 0 Å². The summed E-state index contributed by atoms with van der Waals surface area (Å²) in [6.07, 6.45) is 4.08. The van der Waals surface area contributed by atoms with Gasteiger partial charge in [-0.1, -0.05) is 19.1 Å². The van der Waals surface area contributed by atoms with E-state index in [1.165, 1.54) is 12.8 Å². The van der Waals surface area contributed by atoms with E-state index in [0.29, 0.717) is 13.0 Å². The number of amides is 1. The first-order chi connectivity index (χ1) is 10.7. The van der Waals surface area contributed by atoms with Gasteiger partial charge in [-0.05, 0) is 42.9 Å². The molecule has 3 N–H and O–H groups in total. The molecule has 1 saturated carbocycles. The average molecular weight is 430 g/mol. The predicted octanol–water partition coefficient (Wildman–Crippen LogP) is 3.12. The van der Waals surface area contributed by atoms with Gasteiger partial charge in [-0.2, -0.15) is 0 Å². The number of carbonyl (C=O) groups is 1. The van der Waals surface area contributed by atoms with Crippen LogP contribution in [0.4, 0.5) is 5.69 Å². The third kappa shape index (κ3) is 7.67. The normalized spacial score (nSPS) is 13.9. The van der Waals surface area contributed by atoms with Crippen molar-refractivity contribution < 1.29 is 4.79 Å². The monoisotopic (exact) mass is 430 g/mol. The van der Waals surface area contributed by atoms with Gasteiger partial charge >= 0.3 is 0 Å². The highest BCUT2D eigenvalue weighted by molar-refractivity contribution is 14.0. The van der Waals surface area contributed by atoms with Crippen molar-refractivity contribution in [1.82, 2.24) is 10.6 Å². The first kappa shape index (κ1) is 19.7. The minimum Gasteiger partial charge on any atom is -0.356 e. The number of guanidine groups is 1. The molecule has 128 valence electrons. The topological polar surface area (TPSA) is 65.5 Å². The second-order valence-electron chi connectivity index (χ2n) is 5.75. The number of halogens is 1. The summed E-state index contributed by atoms with van der Waals surface area (Å²) in [7, 11) is 1.79. The Morgan fingerprint density at radius 1 is 1.22 bits per heavy atom. The fraction of sp³-hybridized carbons (Fsp3) is 0.529. The van der Waals surface area contributed by atoms with E-state index < -0.39 is 0 Å². The first-order valence-electron chi connectivity index (χ1n) is 8.04. The molecule has 0 saturated heterocycles. The maximum absolute atomic E-state index is 11.5. The second-order valence-corrected chi connectivity index (χ2v) is 5.75. The van der Waals surface area contributed by atoms with Crippen LogP contribution in [0.15, 0.2) is 29.3 Å². The van der Waals surface area contributed by atoms with Crippen molar-refractivity contribution in [3.63, 3.8) is 0 Å². The third-order valence-corrected chi connectivity index (χ3v) is 3.65. The summed E-state index contributed by atoms with van der Waals surface area (Å²) < 4.78 is 0. The summed E-state index contributed by atoms with van der Waals surface area (Å²) in [5.74, 6) is 1.73. The molecule has 0 radical (unpaired) electrons. The fourth-order valence-corrected chi connectivity index (χ4v) is 2.13. The first-order valence-corrected chi connectivity index (χ1v) is 8.04. The molecule has 0 aliphatic heterocycles. The van der Waals surface area contributed by atoms with Gasteiger partial charge in [0.15, 0.2) is 5.96 Å². The number of nitrogens with zero attached hydrogens (tertiary/aromatic N) is 1. The summed E-state index contributed by atoms with van der Waals surface area (Å²) in [5.41, 5.74) is 2.00. The Labute approximate surface area is 155 Å². The summed E-state index contributed by atoms with van der Waals surface area (Å²) in [6.45, 7) is 3.72. The van der Waals surface area contributed by atoms with E-state index in [4.69, 9.17) is 0 Å². The smallest absolute Gasteiger partial charge is 0.224 e. The summed E-state index contributed by atoms with van der Waals surface area (Å²) in [4.78, 5) is 15.8. The van der Waals surface area contributed by atoms with Crippen molar-refractivity contribution >= 4 is 41.5 Å². The third-order valence-electron chi connectivity index (χ3n) is 3.65. The molecule has 0 heterocycles. The molecule has 1 aromatic rings. The fourth-order valence-electron chi connectivity index (χ4n) is 2.13. The molecule has 1 aromatic carbocycles. The van der Waals surface area contributed by atoms with E-state index in [1.807, 2.05) is 31.2 Å². The van der Waals surface area contributed by atoms with E-state index in [-0.39, 0.29) is 29.9 Å². The predicted molar refractivity (Wildman–Crippen MR) is 106 cm³/mol. The summed E-state index contributed by atoms with van der Waals surface area (Å²) in [5, 5.41) is 9.53. The lowest BCUT2D eigenvalue weighted by Gasteiger charge is -2.12. The highest BCUT2D eigenvalue weighted by Gasteiger charge is 2.20. The number of nitrogens with one attached hydrogen (secondary N) is 3. The summed E-state index contributed by atoms with van der Waals surface area (Å²) >= 11 is 0. The molecule has 1 amide bonds. The van der Waals surface area contributed by atoms with Crippen LogP contribution in [0.2, 0.25) is 0 Å². The SMILES string of the molecule is CCCC(=O)Nc1ccc(CNC(=NC)NCC2CC2)cc1.I. The molecule has 1 aliphatic carbocycles. The molecule has 0 spiro atoms. The Bertz CT molecular complexity index is 512. The van der Waals surface area contributed by atoms with Gasteiger partial charge in [-0.25, -0.2) is 0 Å². The van der Waals surface area contributed by atoms with Gasteiger partial charge in [0.25, 0.3) is 0 Å². The highest BCUT2D eigenvalue weighted by Crippen LogP contribution is 2.27. The Morgan fingerprint density at radius 3 is 2.48 bits per heavy atom. The zero-order valence-corrected chi connectivity index (χ0v) is 16.2. The maximum atomic E-state index is 11.5. The minimum absolute atomic E-state index is 0. The van der Waals surface area contributed by atoms with E-state index in [9.17, 15) is 4.79 Å². The molecule has 0 unspecified atom stereocenters.